The molecule has 1 unspecified atom stereocenters. The Hall–Kier alpha value is -2.58. The minimum Gasteiger partial charge on any atom is -0.464 e. The van der Waals surface area contributed by atoms with Crippen LogP contribution in [0.1, 0.15) is 66.0 Å². The molecule has 2 aromatic rings. The molecule has 0 radical (unpaired) electrons. The molecule has 8 heteroatoms. The second kappa shape index (κ2) is 9.73. The van der Waals surface area contributed by atoms with Crippen LogP contribution in [0.15, 0.2) is 39.6 Å². The molecule has 1 aromatic carbocycles. The van der Waals surface area contributed by atoms with E-state index in [1.165, 1.54) is 25.7 Å². The Labute approximate surface area is 197 Å². The zero-order chi connectivity index (χ0) is 22.8. The predicted octanol–water partition coefficient (Wildman–Crippen LogP) is 3.71. The Balaban J connectivity index is 1.23. The normalized spacial score (nSPS) is 21.8. The lowest BCUT2D eigenvalue weighted by atomic mass is 10.0. The maximum Gasteiger partial charge on any atom is 0.255 e. The Morgan fingerprint density at radius 2 is 1.79 bits per heavy atom. The van der Waals surface area contributed by atoms with Crippen LogP contribution >= 0.6 is 11.8 Å². The highest BCUT2D eigenvalue weighted by Crippen LogP contribution is 2.35. The molecule has 7 nitrogen and oxygen atoms in total. The van der Waals surface area contributed by atoms with E-state index < -0.39 is 6.04 Å². The van der Waals surface area contributed by atoms with Crippen molar-refractivity contribution in [2.75, 3.05) is 13.1 Å². The second-order valence-corrected chi connectivity index (χ2v) is 10.0. The molecular formula is C25H29N3O4S. The molecule has 1 aromatic heterocycles. The summed E-state index contributed by atoms with van der Waals surface area (Å²) in [6.07, 6.45) is 5.80. The van der Waals surface area contributed by atoms with Crippen LogP contribution in [0.5, 0.6) is 0 Å². The lowest BCUT2D eigenvalue weighted by Gasteiger charge is -2.29. The molecule has 2 fully saturated rings. The van der Waals surface area contributed by atoms with Crippen molar-refractivity contribution in [2.24, 2.45) is 0 Å². The monoisotopic (exact) mass is 467 g/mol. The zero-order valence-electron chi connectivity index (χ0n) is 18.7. The van der Waals surface area contributed by atoms with Gasteiger partial charge in [0.15, 0.2) is 0 Å². The smallest absolute Gasteiger partial charge is 0.255 e. The van der Waals surface area contributed by atoms with Gasteiger partial charge in [-0.2, -0.15) is 0 Å². The molecule has 2 saturated heterocycles. The van der Waals surface area contributed by atoms with Gasteiger partial charge in [0.25, 0.3) is 5.91 Å². The topological polar surface area (TPSA) is 82.9 Å². The number of carbonyl (C=O) groups is 3. The van der Waals surface area contributed by atoms with Gasteiger partial charge in [0.05, 0.1) is 12.3 Å². The van der Waals surface area contributed by atoms with Crippen LogP contribution in [0.25, 0.3) is 0 Å². The first-order valence-corrected chi connectivity index (χ1v) is 12.8. The Bertz CT molecular complexity index is 1060. The van der Waals surface area contributed by atoms with Crippen LogP contribution in [0.4, 0.5) is 0 Å². The lowest BCUT2D eigenvalue weighted by molar-refractivity contribution is -0.136. The fraction of sp³-hybridized carbons (Fsp3) is 0.480. The number of carbonyl (C=O) groups excluding carboxylic acids is 3. The van der Waals surface area contributed by atoms with E-state index in [4.69, 9.17) is 4.42 Å². The van der Waals surface area contributed by atoms with E-state index in [1.807, 2.05) is 24.3 Å². The molecule has 0 spiro atoms. The number of amides is 3. The van der Waals surface area contributed by atoms with Gasteiger partial charge in [-0.25, -0.2) is 0 Å². The summed E-state index contributed by atoms with van der Waals surface area (Å²) < 4.78 is 6.11. The largest absolute Gasteiger partial charge is 0.464 e. The summed E-state index contributed by atoms with van der Waals surface area (Å²) in [7, 11) is 0. The van der Waals surface area contributed by atoms with Crippen molar-refractivity contribution < 1.29 is 18.8 Å². The molecular weight excluding hydrogens is 438 g/mol. The highest BCUT2D eigenvalue weighted by molar-refractivity contribution is 7.98. The minimum atomic E-state index is -0.591. The van der Waals surface area contributed by atoms with E-state index in [1.54, 1.807) is 16.7 Å². The van der Waals surface area contributed by atoms with Crippen molar-refractivity contribution in [3.63, 3.8) is 0 Å². The van der Waals surface area contributed by atoms with E-state index in [-0.39, 0.29) is 24.1 Å². The van der Waals surface area contributed by atoms with E-state index in [2.05, 4.69) is 16.3 Å². The number of piperidine rings is 1. The number of rotatable bonds is 6. The van der Waals surface area contributed by atoms with E-state index in [0.29, 0.717) is 24.3 Å². The van der Waals surface area contributed by atoms with Crippen LogP contribution in [0.2, 0.25) is 0 Å². The number of nitrogens with one attached hydrogen (secondary N) is 1. The Morgan fingerprint density at radius 3 is 2.58 bits per heavy atom. The standard InChI is InChI=1S/C25H29N3O4S/c29-23-11-10-21(24(30)26-23)28-15-20-19(25(28)31)6-5-7-22(20)33-16-18-9-8-17(32-18)14-27-12-3-1-2-4-13-27/h5-9,21H,1-4,10-16H2,(H,26,29,30). The third kappa shape index (κ3) is 4.87. The number of benzene rings is 1. The van der Waals surface area contributed by atoms with Crippen molar-refractivity contribution >= 4 is 29.5 Å². The summed E-state index contributed by atoms with van der Waals surface area (Å²) in [5.41, 5.74) is 1.60. The SMILES string of the molecule is O=C1CCC(N2Cc3c(SCc4ccc(CN5CCCCCC5)o4)cccc3C2=O)C(=O)N1. The van der Waals surface area contributed by atoms with Gasteiger partial charge in [0.1, 0.15) is 17.6 Å². The van der Waals surface area contributed by atoms with Crippen molar-refractivity contribution in [1.82, 2.24) is 15.1 Å². The molecule has 1 N–H and O–H groups in total. The first-order chi connectivity index (χ1) is 16.1. The summed E-state index contributed by atoms with van der Waals surface area (Å²) in [5.74, 6) is 1.82. The van der Waals surface area contributed by atoms with Gasteiger partial charge < -0.3 is 9.32 Å². The van der Waals surface area contributed by atoms with Gasteiger partial charge in [-0.05, 0) is 62.2 Å². The predicted molar refractivity (Wildman–Crippen MR) is 125 cm³/mol. The first kappa shape index (κ1) is 22.2. The summed E-state index contributed by atoms with van der Waals surface area (Å²) in [6, 6.07) is 9.26. The van der Waals surface area contributed by atoms with Gasteiger partial charge in [-0.15, -0.1) is 11.8 Å². The van der Waals surface area contributed by atoms with Crippen molar-refractivity contribution in [3.8, 4) is 0 Å². The van der Waals surface area contributed by atoms with Crippen molar-refractivity contribution in [2.45, 2.75) is 68.3 Å². The second-order valence-electron chi connectivity index (χ2n) is 9.03. The number of thioether (sulfide) groups is 1. The molecule has 5 rings (SSSR count). The zero-order valence-corrected chi connectivity index (χ0v) is 19.5. The summed E-state index contributed by atoms with van der Waals surface area (Å²) in [5, 5.41) is 2.36. The number of nitrogens with zero attached hydrogens (tertiary/aromatic N) is 2. The van der Waals surface area contributed by atoms with Gasteiger partial charge in [-0.1, -0.05) is 18.9 Å². The number of fused-ring (bicyclic) bond motifs is 1. The molecule has 0 saturated carbocycles. The highest BCUT2D eigenvalue weighted by Gasteiger charge is 2.39. The van der Waals surface area contributed by atoms with Gasteiger partial charge >= 0.3 is 0 Å². The average molecular weight is 468 g/mol. The lowest BCUT2D eigenvalue weighted by Crippen LogP contribution is -2.52. The van der Waals surface area contributed by atoms with Gasteiger partial charge in [-0.3, -0.25) is 24.6 Å². The maximum absolute atomic E-state index is 13.0. The van der Waals surface area contributed by atoms with Crippen LogP contribution in [0, 0.1) is 0 Å². The molecule has 33 heavy (non-hydrogen) atoms. The number of hydrogen-bond donors (Lipinski definition) is 1. The molecule has 3 aliphatic rings. The fourth-order valence-electron chi connectivity index (χ4n) is 4.94. The first-order valence-electron chi connectivity index (χ1n) is 11.8. The molecule has 0 bridgehead atoms. The highest BCUT2D eigenvalue weighted by atomic mass is 32.2. The number of imide groups is 1. The molecule has 0 aliphatic carbocycles. The van der Waals surface area contributed by atoms with Crippen LogP contribution < -0.4 is 5.32 Å². The molecule has 4 heterocycles. The maximum atomic E-state index is 13.0. The quantitative estimate of drug-likeness (QED) is 0.515. The van der Waals surface area contributed by atoms with Gasteiger partial charge in [0.2, 0.25) is 11.8 Å². The summed E-state index contributed by atoms with van der Waals surface area (Å²) in [6.45, 7) is 3.53. The van der Waals surface area contributed by atoms with E-state index in [0.717, 1.165) is 41.6 Å². The molecule has 1 atom stereocenters. The molecule has 3 amide bonds. The third-order valence-corrected chi connectivity index (χ3v) is 7.83. The molecule has 3 aliphatic heterocycles. The summed E-state index contributed by atoms with van der Waals surface area (Å²) >= 11 is 1.65. The van der Waals surface area contributed by atoms with Crippen LogP contribution in [0.3, 0.4) is 0 Å². The van der Waals surface area contributed by atoms with Crippen LogP contribution in [-0.2, 0) is 28.4 Å². The van der Waals surface area contributed by atoms with E-state index in [9.17, 15) is 14.4 Å². The van der Waals surface area contributed by atoms with Gasteiger partial charge in [0, 0.05) is 23.4 Å². The van der Waals surface area contributed by atoms with E-state index >= 15 is 0 Å². The fourth-order valence-corrected chi connectivity index (χ4v) is 5.92. The van der Waals surface area contributed by atoms with Crippen molar-refractivity contribution in [1.29, 1.82) is 0 Å². The Kier molecular flexibility index (Phi) is 6.55. The number of furan rings is 1. The van der Waals surface area contributed by atoms with Crippen LogP contribution in [-0.4, -0.2) is 46.7 Å². The minimum absolute atomic E-state index is 0.139. The molecule has 174 valence electrons. The third-order valence-electron chi connectivity index (χ3n) is 6.70. The average Bonchev–Trinajstić information content (AvgIpc) is 3.28. The van der Waals surface area contributed by atoms with Crippen molar-refractivity contribution in [3.05, 3.63) is 53.0 Å². The number of hydrogen-bond acceptors (Lipinski definition) is 6. The summed E-state index contributed by atoms with van der Waals surface area (Å²) in [4.78, 5) is 41.9. The number of likely N-dealkylation sites (tertiary alicyclic amines) is 1. The Morgan fingerprint density at radius 1 is 1.00 bits per heavy atom.